The Labute approximate surface area is 129 Å². The Hall–Kier alpha value is -3.02. The number of aromatic nitrogens is 1. The molecule has 0 amide bonds. The molecule has 6 heteroatoms. The van der Waals surface area contributed by atoms with Crippen molar-refractivity contribution in [3.8, 4) is 0 Å². The summed E-state index contributed by atoms with van der Waals surface area (Å²) in [5.41, 5.74) is 1.01. The van der Waals surface area contributed by atoms with Gasteiger partial charge in [-0.25, -0.2) is 13.6 Å². The van der Waals surface area contributed by atoms with E-state index in [4.69, 9.17) is 4.74 Å². The van der Waals surface area contributed by atoms with Crippen molar-refractivity contribution in [1.82, 2.24) is 4.98 Å². The minimum atomic E-state index is -1.13. The van der Waals surface area contributed by atoms with Crippen molar-refractivity contribution in [3.63, 3.8) is 0 Å². The van der Waals surface area contributed by atoms with Crippen LogP contribution in [-0.4, -0.2) is 23.3 Å². The minimum Gasteiger partial charge on any atom is -0.454 e. The third-order valence-corrected chi connectivity index (χ3v) is 3.39. The summed E-state index contributed by atoms with van der Waals surface area (Å²) in [6.45, 7) is -0.552. The number of hydrogen-bond donors (Lipinski definition) is 1. The number of aromatic amines is 1. The Morgan fingerprint density at radius 2 is 1.83 bits per heavy atom. The molecule has 0 aliphatic carbocycles. The molecular weight excluding hydrogens is 304 g/mol. The van der Waals surface area contributed by atoms with Gasteiger partial charge in [-0.15, -0.1) is 0 Å². The lowest BCUT2D eigenvalue weighted by molar-refractivity contribution is 0.0476. The third kappa shape index (κ3) is 2.96. The van der Waals surface area contributed by atoms with Crippen LogP contribution in [0, 0.1) is 11.6 Å². The molecule has 3 aromatic rings. The molecular formula is C17H11F2NO3. The van der Waals surface area contributed by atoms with Crippen molar-refractivity contribution in [1.29, 1.82) is 0 Å². The van der Waals surface area contributed by atoms with E-state index in [-0.39, 0.29) is 5.56 Å². The fourth-order valence-electron chi connectivity index (χ4n) is 2.20. The maximum absolute atomic E-state index is 13.1. The summed E-state index contributed by atoms with van der Waals surface area (Å²) in [6, 6.07) is 9.92. The van der Waals surface area contributed by atoms with E-state index in [0.717, 1.165) is 23.7 Å². The molecule has 0 spiro atoms. The summed E-state index contributed by atoms with van der Waals surface area (Å²) in [5, 5.41) is 0.678. The van der Waals surface area contributed by atoms with Gasteiger partial charge in [0.05, 0.1) is 5.56 Å². The van der Waals surface area contributed by atoms with Gasteiger partial charge < -0.3 is 9.72 Å². The fourth-order valence-corrected chi connectivity index (χ4v) is 2.20. The number of nitrogens with one attached hydrogen (secondary N) is 1. The van der Waals surface area contributed by atoms with Gasteiger partial charge in [-0.05, 0) is 24.3 Å². The number of benzene rings is 2. The molecule has 1 aromatic heterocycles. The number of ketones is 1. The van der Waals surface area contributed by atoms with Crippen LogP contribution in [-0.2, 0) is 4.74 Å². The number of Topliss-reactive ketones (excluding diaryl/α,β-unsaturated/α-hetero) is 1. The summed E-state index contributed by atoms with van der Waals surface area (Å²) in [6.07, 6.45) is 1.50. The molecule has 0 bridgehead atoms. The minimum absolute atomic E-state index is 0.0596. The monoisotopic (exact) mass is 315 g/mol. The average Bonchev–Trinajstić information content (AvgIpc) is 2.99. The highest BCUT2D eigenvalue weighted by atomic mass is 19.2. The molecule has 0 atom stereocenters. The first-order valence-corrected chi connectivity index (χ1v) is 6.78. The van der Waals surface area contributed by atoms with Crippen molar-refractivity contribution in [2.75, 3.05) is 6.61 Å². The lowest BCUT2D eigenvalue weighted by Crippen LogP contribution is -2.14. The van der Waals surface area contributed by atoms with Crippen molar-refractivity contribution in [3.05, 3.63) is 71.4 Å². The smallest absolute Gasteiger partial charge is 0.340 e. The Morgan fingerprint density at radius 3 is 2.61 bits per heavy atom. The molecule has 4 nitrogen and oxygen atoms in total. The van der Waals surface area contributed by atoms with Gasteiger partial charge in [-0.1, -0.05) is 18.2 Å². The lowest BCUT2D eigenvalue weighted by Gasteiger charge is -2.04. The summed E-state index contributed by atoms with van der Waals surface area (Å²) in [5.74, 6) is -3.45. The molecule has 23 heavy (non-hydrogen) atoms. The first-order valence-electron chi connectivity index (χ1n) is 6.78. The van der Waals surface area contributed by atoms with Crippen molar-refractivity contribution >= 4 is 22.7 Å². The van der Waals surface area contributed by atoms with Gasteiger partial charge in [-0.2, -0.15) is 0 Å². The number of halogens is 2. The maximum Gasteiger partial charge on any atom is 0.340 e. The van der Waals surface area contributed by atoms with E-state index in [9.17, 15) is 18.4 Å². The van der Waals surface area contributed by atoms with E-state index in [0.29, 0.717) is 10.9 Å². The highest BCUT2D eigenvalue weighted by molar-refractivity contribution is 6.05. The van der Waals surface area contributed by atoms with Gasteiger partial charge in [-0.3, -0.25) is 4.79 Å². The van der Waals surface area contributed by atoms with Crippen molar-refractivity contribution in [2.24, 2.45) is 0 Å². The summed E-state index contributed by atoms with van der Waals surface area (Å²) < 4.78 is 30.9. The molecule has 1 heterocycles. The number of fused-ring (bicyclic) bond motifs is 1. The summed E-state index contributed by atoms with van der Waals surface area (Å²) in [4.78, 5) is 26.8. The van der Waals surface area contributed by atoms with E-state index in [1.165, 1.54) is 6.20 Å². The van der Waals surface area contributed by atoms with Gasteiger partial charge in [0.1, 0.15) is 0 Å². The first-order chi connectivity index (χ1) is 11.1. The molecule has 116 valence electrons. The fraction of sp³-hybridized carbons (Fsp3) is 0.0588. The normalized spacial score (nSPS) is 10.7. The standard InChI is InChI=1S/C17H11F2NO3/c18-13-6-5-10(7-14(13)19)16(21)9-23-17(22)12-8-20-15-4-2-1-3-11(12)15/h1-8,20H,9H2. The van der Waals surface area contributed by atoms with Crippen LogP contribution in [0.3, 0.4) is 0 Å². The van der Waals surface area contributed by atoms with E-state index in [2.05, 4.69) is 4.98 Å². The number of carbonyl (C=O) groups is 2. The zero-order chi connectivity index (χ0) is 16.4. The number of H-pyrrole nitrogens is 1. The van der Waals surface area contributed by atoms with Crippen LogP contribution in [0.2, 0.25) is 0 Å². The quantitative estimate of drug-likeness (QED) is 0.592. The van der Waals surface area contributed by atoms with Crippen LogP contribution in [0.15, 0.2) is 48.7 Å². The summed E-state index contributed by atoms with van der Waals surface area (Å²) in [7, 11) is 0. The number of esters is 1. The second-order valence-corrected chi connectivity index (χ2v) is 4.88. The number of carbonyl (C=O) groups excluding carboxylic acids is 2. The zero-order valence-corrected chi connectivity index (χ0v) is 11.8. The van der Waals surface area contributed by atoms with Crippen LogP contribution in [0.1, 0.15) is 20.7 Å². The molecule has 1 N–H and O–H groups in total. The number of ether oxygens (including phenoxy) is 1. The van der Waals surface area contributed by atoms with Crippen molar-refractivity contribution < 1.29 is 23.1 Å². The van der Waals surface area contributed by atoms with Crippen LogP contribution < -0.4 is 0 Å². The van der Waals surface area contributed by atoms with E-state index in [1.807, 2.05) is 6.07 Å². The highest BCUT2D eigenvalue weighted by Gasteiger charge is 2.16. The van der Waals surface area contributed by atoms with Crippen LogP contribution >= 0.6 is 0 Å². The maximum atomic E-state index is 13.1. The predicted octanol–water partition coefficient (Wildman–Crippen LogP) is 3.49. The van der Waals surface area contributed by atoms with Gasteiger partial charge in [0.25, 0.3) is 0 Å². The molecule has 0 saturated carbocycles. The van der Waals surface area contributed by atoms with Crippen LogP contribution in [0.5, 0.6) is 0 Å². The van der Waals surface area contributed by atoms with Crippen LogP contribution in [0.4, 0.5) is 8.78 Å². The predicted molar refractivity (Wildman–Crippen MR) is 79.3 cm³/mol. The average molecular weight is 315 g/mol. The highest BCUT2D eigenvalue weighted by Crippen LogP contribution is 2.18. The van der Waals surface area contributed by atoms with Crippen LogP contribution in [0.25, 0.3) is 10.9 Å². The Bertz CT molecular complexity index is 902. The third-order valence-electron chi connectivity index (χ3n) is 3.39. The number of hydrogen-bond acceptors (Lipinski definition) is 3. The lowest BCUT2D eigenvalue weighted by atomic mass is 10.1. The van der Waals surface area contributed by atoms with Gasteiger partial charge in [0.2, 0.25) is 0 Å². The van der Waals surface area contributed by atoms with E-state index >= 15 is 0 Å². The Kier molecular flexibility index (Phi) is 3.89. The second-order valence-electron chi connectivity index (χ2n) is 4.88. The second kappa shape index (κ2) is 6.00. The Morgan fingerprint density at radius 1 is 1.04 bits per heavy atom. The molecule has 0 unspecified atom stereocenters. The molecule has 3 rings (SSSR count). The largest absolute Gasteiger partial charge is 0.454 e. The molecule has 0 aliphatic heterocycles. The summed E-state index contributed by atoms with van der Waals surface area (Å²) >= 11 is 0. The van der Waals surface area contributed by atoms with Gasteiger partial charge >= 0.3 is 5.97 Å². The topological polar surface area (TPSA) is 59.2 Å². The SMILES string of the molecule is O=C(COC(=O)c1c[nH]c2ccccc12)c1ccc(F)c(F)c1. The first kappa shape index (κ1) is 14.9. The Balaban J connectivity index is 1.71. The van der Waals surface area contributed by atoms with E-state index in [1.54, 1.807) is 18.2 Å². The molecule has 0 radical (unpaired) electrons. The molecule has 0 fully saturated rings. The number of rotatable bonds is 4. The molecule has 2 aromatic carbocycles. The molecule has 0 aliphatic rings. The van der Waals surface area contributed by atoms with Gasteiger partial charge in [0, 0.05) is 22.7 Å². The zero-order valence-electron chi connectivity index (χ0n) is 11.8. The molecule has 0 saturated heterocycles. The van der Waals surface area contributed by atoms with Crippen molar-refractivity contribution in [2.45, 2.75) is 0 Å². The van der Waals surface area contributed by atoms with E-state index < -0.39 is 30.0 Å². The van der Waals surface area contributed by atoms with Gasteiger partial charge in [0.15, 0.2) is 24.0 Å². The number of para-hydroxylation sites is 1.